The molecule has 2 aliphatic heterocycles. The maximum absolute atomic E-state index is 4.43. The number of piperazine rings is 1. The topological polar surface area (TPSA) is 31.4 Å². The van der Waals surface area contributed by atoms with Crippen molar-refractivity contribution in [2.24, 2.45) is 11.8 Å². The van der Waals surface area contributed by atoms with Crippen LogP contribution in [0.4, 0.5) is 5.13 Å². The molecule has 3 fully saturated rings. The summed E-state index contributed by atoms with van der Waals surface area (Å²) < 4.78 is 0. The van der Waals surface area contributed by atoms with Crippen molar-refractivity contribution in [1.82, 2.24) is 15.2 Å². The second-order valence-corrected chi connectivity index (χ2v) is 7.34. The molecule has 4 nitrogen and oxygen atoms in total. The van der Waals surface area contributed by atoms with Gasteiger partial charge in [-0.2, -0.15) is 0 Å². The first-order valence-electron chi connectivity index (χ1n) is 8.00. The summed E-state index contributed by atoms with van der Waals surface area (Å²) in [5.74, 6) is 1.95. The van der Waals surface area contributed by atoms with E-state index >= 15 is 0 Å². The third kappa shape index (κ3) is 2.47. The summed E-state index contributed by atoms with van der Waals surface area (Å²) in [5, 5.41) is 7.05. The summed E-state index contributed by atoms with van der Waals surface area (Å²) >= 11 is 1.76. The van der Waals surface area contributed by atoms with E-state index in [2.05, 4.69) is 25.5 Å². The van der Waals surface area contributed by atoms with Crippen molar-refractivity contribution in [3.8, 4) is 0 Å². The van der Waals surface area contributed by atoms with Crippen LogP contribution in [0.2, 0.25) is 0 Å². The summed E-state index contributed by atoms with van der Waals surface area (Å²) in [5.41, 5.74) is 0. The quantitative estimate of drug-likeness (QED) is 0.918. The number of hydrogen-bond donors (Lipinski definition) is 1. The molecule has 0 bridgehead atoms. The van der Waals surface area contributed by atoms with Crippen LogP contribution in [-0.2, 0) is 0 Å². The Morgan fingerprint density at radius 2 is 2.15 bits per heavy atom. The van der Waals surface area contributed by atoms with Crippen molar-refractivity contribution in [2.75, 3.05) is 44.2 Å². The SMILES string of the molecule is c1csc(N2CCN(CC3NCC4CCCC43)CC2)n1. The van der Waals surface area contributed by atoms with Gasteiger partial charge in [-0.25, -0.2) is 4.98 Å². The molecule has 1 aliphatic carbocycles. The normalized spacial score (nSPS) is 34.6. The van der Waals surface area contributed by atoms with Crippen molar-refractivity contribution in [1.29, 1.82) is 0 Å². The Kier molecular flexibility index (Phi) is 3.67. The molecule has 0 spiro atoms. The minimum absolute atomic E-state index is 0.758. The fourth-order valence-corrected chi connectivity index (χ4v) is 4.97. The van der Waals surface area contributed by atoms with Crippen molar-refractivity contribution in [2.45, 2.75) is 25.3 Å². The minimum atomic E-state index is 0.758. The number of hydrogen-bond acceptors (Lipinski definition) is 5. The number of aromatic nitrogens is 1. The Labute approximate surface area is 125 Å². The second kappa shape index (κ2) is 5.62. The van der Waals surface area contributed by atoms with Gasteiger partial charge in [0.05, 0.1) is 0 Å². The van der Waals surface area contributed by atoms with Crippen molar-refractivity contribution >= 4 is 16.5 Å². The second-order valence-electron chi connectivity index (χ2n) is 6.47. The van der Waals surface area contributed by atoms with Gasteiger partial charge in [-0.1, -0.05) is 6.42 Å². The Bertz CT molecular complexity index is 427. The van der Waals surface area contributed by atoms with Crippen LogP contribution in [-0.4, -0.2) is 55.2 Å². The van der Waals surface area contributed by atoms with E-state index in [0.29, 0.717) is 0 Å². The van der Waals surface area contributed by atoms with Crippen molar-refractivity contribution in [3.63, 3.8) is 0 Å². The maximum atomic E-state index is 4.43. The lowest BCUT2D eigenvalue weighted by Gasteiger charge is -2.36. The fourth-order valence-electron chi connectivity index (χ4n) is 4.27. The van der Waals surface area contributed by atoms with Crippen LogP contribution in [0, 0.1) is 11.8 Å². The number of thiazole rings is 1. The van der Waals surface area contributed by atoms with Crippen LogP contribution >= 0.6 is 11.3 Å². The third-order valence-corrected chi connectivity index (χ3v) is 6.23. The van der Waals surface area contributed by atoms with E-state index in [1.807, 2.05) is 6.20 Å². The molecule has 1 N–H and O–H groups in total. The smallest absolute Gasteiger partial charge is 0.185 e. The molecule has 3 aliphatic rings. The molecule has 1 saturated carbocycles. The lowest BCUT2D eigenvalue weighted by Crippen LogP contribution is -2.50. The molecule has 2 saturated heterocycles. The number of fused-ring (bicyclic) bond motifs is 1. The molecule has 20 heavy (non-hydrogen) atoms. The van der Waals surface area contributed by atoms with E-state index in [1.165, 1.54) is 50.6 Å². The van der Waals surface area contributed by atoms with Gasteiger partial charge >= 0.3 is 0 Å². The van der Waals surface area contributed by atoms with Gasteiger partial charge < -0.3 is 10.2 Å². The van der Waals surface area contributed by atoms with Gasteiger partial charge in [0.25, 0.3) is 0 Å². The highest BCUT2D eigenvalue weighted by atomic mass is 32.1. The first kappa shape index (κ1) is 13.0. The van der Waals surface area contributed by atoms with E-state index in [9.17, 15) is 0 Å². The van der Waals surface area contributed by atoms with Crippen LogP contribution in [0.15, 0.2) is 11.6 Å². The lowest BCUT2D eigenvalue weighted by molar-refractivity contribution is 0.215. The third-order valence-electron chi connectivity index (χ3n) is 5.39. The van der Waals surface area contributed by atoms with Gasteiger partial charge in [0, 0.05) is 50.3 Å². The summed E-state index contributed by atoms with van der Waals surface area (Å²) in [7, 11) is 0. The summed E-state index contributed by atoms with van der Waals surface area (Å²) in [4.78, 5) is 9.51. The fraction of sp³-hybridized carbons (Fsp3) is 0.800. The van der Waals surface area contributed by atoms with E-state index in [1.54, 1.807) is 11.3 Å². The van der Waals surface area contributed by atoms with E-state index < -0.39 is 0 Å². The molecule has 3 atom stereocenters. The average molecular weight is 292 g/mol. The standard InChI is InChI=1S/C15H24N4S/c1-2-12-10-17-14(13(12)3-1)11-18-5-7-19(8-6-18)15-16-4-9-20-15/h4,9,12-14,17H,1-3,5-8,10-11H2. The molecular weight excluding hydrogens is 268 g/mol. The molecule has 0 amide bonds. The number of nitrogens with one attached hydrogen (secondary N) is 1. The van der Waals surface area contributed by atoms with Crippen LogP contribution in [0.25, 0.3) is 0 Å². The minimum Gasteiger partial charge on any atom is -0.346 e. The Balaban J connectivity index is 1.29. The van der Waals surface area contributed by atoms with Gasteiger partial charge in [0.2, 0.25) is 0 Å². The first-order chi connectivity index (χ1) is 9.90. The first-order valence-corrected chi connectivity index (χ1v) is 8.88. The number of anilines is 1. The maximum Gasteiger partial charge on any atom is 0.185 e. The van der Waals surface area contributed by atoms with Gasteiger partial charge in [0.1, 0.15) is 0 Å². The van der Waals surface area contributed by atoms with Crippen LogP contribution in [0.1, 0.15) is 19.3 Å². The summed E-state index contributed by atoms with van der Waals surface area (Å²) in [6, 6.07) is 0.758. The Hall–Kier alpha value is -0.650. The van der Waals surface area contributed by atoms with Gasteiger partial charge in [0.15, 0.2) is 5.13 Å². The van der Waals surface area contributed by atoms with Crippen LogP contribution < -0.4 is 10.2 Å². The molecule has 3 unspecified atom stereocenters. The van der Waals surface area contributed by atoms with E-state index in [-0.39, 0.29) is 0 Å². The van der Waals surface area contributed by atoms with E-state index in [4.69, 9.17) is 0 Å². The summed E-state index contributed by atoms with van der Waals surface area (Å²) in [6.07, 6.45) is 6.30. The Morgan fingerprint density at radius 3 is 2.95 bits per heavy atom. The highest BCUT2D eigenvalue weighted by Crippen LogP contribution is 2.37. The highest BCUT2D eigenvalue weighted by molar-refractivity contribution is 7.13. The van der Waals surface area contributed by atoms with Gasteiger partial charge in [-0.05, 0) is 31.2 Å². The molecule has 1 aromatic rings. The molecule has 0 radical (unpaired) electrons. The predicted octanol–water partition coefficient (Wildman–Crippen LogP) is 1.65. The van der Waals surface area contributed by atoms with Gasteiger partial charge in [-0.15, -0.1) is 11.3 Å². The zero-order valence-electron chi connectivity index (χ0n) is 12.0. The largest absolute Gasteiger partial charge is 0.346 e. The van der Waals surface area contributed by atoms with Crippen molar-refractivity contribution in [3.05, 3.63) is 11.6 Å². The van der Waals surface area contributed by atoms with Gasteiger partial charge in [-0.3, -0.25) is 4.90 Å². The molecular formula is C15H24N4S. The average Bonchev–Trinajstić information content (AvgIpc) is 3.18. The van der Waals surface area contributed by atoms with Crippen molar-refractivity contribution < 1.29 is 0 Å². The summed E-state index contributed by atoms with van der Waals surface area (Å²) in [6.45, 7) is 7.17. The zero-order valence-corrected chi connectivity index (χ0v) is 12.8. The van der Waals surface area contributed by atoms with E-state index in [0.717, 1.165) is 31.0 Å². The molecule has 4 rings (SSSR count). The van der Waals surface area contributed by atoms with Crippen LogP contribution in [0.3, 0.4) is 0 Å². The molecule has 0 aromatic carbocycles. The zero-order chi connectivity index (χ0) is 13.4. The monoisotopic (exact) mass is 292 g/mol. The molecule has 110 valence electrons. The molecule has 3 heterocycles. The predicted molar refractivity (Wildman–Crippen MR) is 83.4 cm³/mol. The molecule has 5 heteroatoms. The number of rotatable bonds is 3. The van der Waals surface area contributed by atoms with Crippen LogP contribution in [0.5, 0.6) is 0 Å². The number of nitrogens with zero attached hydrogens (tertiary/aromatic N) is 3. The lowest BCUT2D eigenvalue weighted by atomic mass is 9.94. The molecule has 1 aromatic heterocycles. The Morgan fingerprint density at radius 1 is 1.25 bits per heavy atom. The highest BCUT2D eigenvalue weighted by Gasteiger charge is 2.39.